The molecule has 2 N–H and O–H groups in total. The second-order valence-electron chi connectivity index (χ2n) is 6.23. The van der Waals surface area contributed by atoms with Crippen LogP contribution in [0.5, 0.6) is 0 Å². The number of hydrogen-bond donors (Lipinski definition) is 2. The lowest BCUT2D eigenvalue weighted by atomic mass is 10.0. The Kier molecular flexibility index (Phi) is 5.46. The Hall–Kier alpha value is -3.26. The van der Waals surface area contributed by atoms with Gasteiger partial charge in [0.1, 0.15) is 5.82 Å². The quantitative estimate of drug-likeness (QED) is 0.679. The van der Waals surface area contributed by atoms with Gasteiger partial charge in [0.25, 0.3) is 11.5 Å². The largest absolute Gasteiger partial charge is 0.395 e. The van der Waals surface area contributed by atoms with E-state index in [4.69, 9.17) is 0 Å². The lowest BCUT2D eigenvalue weighted by Gasteiger charge is -2.21. The highest BCUT2D eigenvalue weighted by atomic mass is 16.3. The van der Waals surface area contributed by atoms with Gasteiger partial charge >= 0.3 is 0 Å². The number of aliphatic hydroxyl groups excluding tert-OH is 1. The average Bonchev–Trinajstić information content (AvgIpc) is 3.07. The molecule has 2 heterocycles. The molecule has 0 bridgehead atoms. The first-order valence-corrected chi connectivity index (χ1v) is 8.52. The Morgan fingerprint density at radius 3 is 2.67 bits per heavy atom. The summed E-state index contributed by atoms with van der Waals surface area (Å²) in [6, 6.07) is 8.52. The number of nitrogens with zero attached hydrogens (tertiary/aromatic N) is 4. The summed E-state index contributed by atoms with van der Waals surface area (Å²) in [5.74, 6) is 0.519. The predicted octanol–water partition coefficient (Wildman–Crippen LogP) is 1.11. The van der Waals surface area contributed by atoms with Crippen LogP contribution in [0.25, 0.3) is 11.1 Å². The van der Waals surface area contributed by atoms with E-state index in [9.17, 15) is 14.7 Å². The number of aromatic amines is 1. The first-order chi connectivity index (χ1) is 13.0. The van der Waals surface area contributed by atoms with Crippen LogP contribution in [-0.2, 0) is 13.6 Å². The highest BCUT2D eigenvalue weighted by Crippen LogP contribution is 2.18. The van der Waals surface area contributed by atoms with Crippen LogP contribution < -0.4 is 5.56 Å². The van der Waals surface area contributed by atoms with E-state index in [0.717, 1.165) is 5.82 Å². The molecular weight excluding hydrogens is 346 g/mol. The number of amides is 1. The van der Waals surface area contributed by atoms with Gasteiger partial charge in [0.2, 0.25) is 0 Å². The maximum Gasteiger partial charge on any atom is 0.272 e. The van der Waals surface area contributed by atoms with Crippen molar-refractivity contribution in [3.63, 3.8) is 0 Å². The van der Waals surface area contributed by atoms with Gasteiger partial charge in [-0.3, -0.25) is 9.59 Å². The summed E-state index contributed by atoms with van der Waals surface area (Å²) in [6.45, 7) is 2.16. The maximum atomic E-state index is 12.8. The third-order valence-corrected chi connectivity index (χ3v) is 4.28. The fraction of sp³-hybridized carbons (Fsp3) is 0.263. The number of nitrogens with one attached hydrogen (secondary N) is 1. The van der Waals surface area contributed by atoms with Crippen LogP contribution in [0.2, 0.25) is 0 Å². The molecule has 3 rings (SSSR count). The zero-order chi connectivity index (χ0) is 19.4. The predicted molar refractivity (Wildman–Crippen MR) is 100 cm³/mol. The Balaban J connectivity index is 1.84. The maximum absolute atomic E-state index is 12.8. The minimum absolute atomic E-state index is 0.139. The van der Waals surface area contributed by atoms with Crippen LogP contribution in [0.15, 0.2) is 47.5 Å². The molecule has 0 atom stereocenters. The molecule has 0 fully saturated rings. The summed E-state index contributed by atoms with van der Waals surface area (Å²) < 4.78 is 1.83. The first kappa shape index (κ1) is 18.5. The fourth-order valence-corrected chi connectivity index (χ4v) is 2.79. The van der Waals surface area contributed by atoms with Gasteiger partial charge in [-0.2, -0.15) is 5.10 Å². The first-order valence-electron chi connectivity index (χ1n) is 8.52. The fourth-order valence-electron chi connectivity index (χ4n) is 2.79. The Morgan fingerprint density at radius 2 is 2.04 bits per heavy atom. The smallest absolute Gasteiger partial charge is 0.272 e. The van der Waals surface area contributed by atoms with Crippen LogP contribution >= 0.6 is 0 Å². The number of H-pyrrole nitrogens is 1. The highest BCUT2D eigenvalue weighted by Gasteiger charge is 2.18. The van der Waals surface area contributed by atoms with Crippen molar-refractivity contribution in [2.24, 2.45) is 7.05 Å². The minimum atomic E-state index is -0.281. The second kappa shape index (κ2) is 7.96. The monoisotopic (exact) mass is 367 g/mol. The number of carbonyl (C=O) groups excluding carboxylic acids is 1. The number of aromatic nitrogens is 4. The molecule has 0 saturated heterocycles. The highest BCUT2D eigenvalue weighted by molar-refractivity contribution is 5.94. The number of benzene rings is 1. The zero-order valence-corrected chi connectivity index (χ0v) is 15.2. The van der Waals surface area contributed by atoms with Gasteiger partial charge in [0, 0.05) is 31.5 Å². The molecule has 2 aromatic heterocycles. The number of aliphatic hydroxyl groups is 1. The number of hydrogen-bond acceptors (Lipinski definition) is 5. The second-order valence-corrected chi connectivity index (χ2v) is 6.23. The topological polar surface area (TPSA) is 104 Å². The Bertz CT molecular complexity index is 991. The normalized spacial score (nSPS) is 10.8. The van der Waals surface area contributed by atoms with Crippen molar-refractivity contribution in [1.29, 1.82) is 0 Å². The van der Waals surface area contributed by atoms with Crippen molar-refractivity contribution >= 4 is 5.91 Å². The molecule has 0 unspecified atom stereocenters. The van der Waals surface area contributed by atoms with E-state index in [1.54, 1.807) is 54.5 Å². The van der Waals surface area contributed by atoms with E-state index in [0.29, 0.717) is 28.9 Å². The molecule has 0 radical (unpaired) electrons. The van der Waals surface area contributed by atoms with Crippen molar-refractivity contribution in [3.8, 4) is 11.1 Å². The van der Waals surface area contributed by atoms with E-state index in [1.165, 1.54) is 0 Å². The summed E-state index contributed by atoms with van der Waals surface area (Å²) in [5.41, 5.74) is 2.10. The van der Waals surface area contributed by atoms with Crippen LogP contribution in [-0.4, -0.2) is 48.8 Å². The molecular formula is C19H21N5O3. The van der Waals surface area contributed by atoms with Gasteiger partial charge in [0.15, 0.2) is 0 Å². The molecule has 1 amide bonds. The van der Waals surface area contributed by atoms with Crippen LogP contribution in [0.3, 0.4) is 0 Å². The molecule has 0 spiro atoms. The number of imidazole rings is 1. The van der Waals surface area contributed by atoms with Crippen LogP contribution in [0, 0.1) is 6.92 Å². The van der Waals surface area contributed by atoms with Crippen molar-refractivity contribution < 1.29 is 9.90 Å². The summed E-state index contributed by atoms with van der Waals surface area (Å²) in [5, 5.41) is 15.6. The molecule has 27 heavy (non-hydrogen) atoms. The summed E-state index contributed by atoms with van der Waals surface area (Å²) >= 11 is 0. The lowest BCUT2D eigenvalue weighted by Crippen LogP contribution is -2.34. The van der Waals surface area contributed by atoms with Crippen molar-refractivity contribution in [2.45, 2.75) is 13.5 Å². The van der Waals surface area contributed by atoms with Gasteiger partial charge in [0.05, 0.1) is 24.4 Å². The van der Waals surface area contributed by atoms with E-state index in [2.05, 4.69) is 15.2 Å². The minimum Gasteiger partial charge on any atom is -0.395 e. The third kappa shape index (κ3) is 4.12. The number of rotatable bonds is 6. The Labute approximate surface area is 156 Å². The SMILES string of the molecule is Cc1cc(-c2ccc(C(=O)N(CCO)Cc3nccn3C)cc2)c(=O)[nH]n1. The summed E-state index contributed by atoms with van der Waals surface area (Å²) in [7, 11) is 1.85. The molecule has 140 valence electrons. The molecule has 3 aromatic rings. The van der Waals surface area contributed by atoms with Gasteiger partial charge < -0.3 is 14.6 Å². The zero-order valence-electron chi connectivity index (χ0n) is 15.2. The molecule has 8 heteroatoms. The summed E-state index contributed by atoms with van der Waals surface area (Å²) in [6.07, 6.45) is 3.47. The number of aryl methyl sites for hydroxylation is 2. The van der Waals surface area contributed by atoms with Gasteiger partial charge in [-0.1, -0.05) is 12.1 Å². The summed E-state index contributed by atoms with van der Waals surface area (Å²) in [4.78, 5) is 30.6. The van der Waals surface area contributed by atoms with E-state index < -0.39 is 0 Å². The third-order valence-electron chi connectivity index (χ3n) is 4.28. The van der Waals surface area contributed by atoms with E-state index in [1.807, 2.05) is 11.6 Å². The Morgan fingerprint density at radius 1 is 1.30 bits per heavy atom. The molecule has 0 saturated carbocycles. The molecule has 0 aliphatic rings. The average molecular weight is 367 g/mol. The van der Waals surface area contributed by atoms with Crippen LogP contribution in [0.1, 0.15) is 21.9 Å². The van der Waals surface area contributed by atoms with Crippen molar-refractivity contribution in [2.75, 3.05) is 13.2 Å². The number of carbonyl (C=O) groups is 1. The standard InChI is InChI=1S/C19H21N5O3/c1-13-11-16(18(26)22-21-13)14-3-5-15(6-4-14)19(27)24(9-10-25)12-17-20-7-8-23(17)2/h3-8,11,25H,9-10,12H2,1-2H3,(H,22,26). The van der Waals surface area contributed by atoms with Gasteiger partial charge in [-0.25, -0.2) is 10.1 Å². The van der Waals surface area contributed by atoms with Crippen molar-refractivity contribution in [3.05, 3.63) is 70.2 Å². The van der Waals surface area contributed by atoms with E-state index in [-0.39, 0.29) is 24.6 Å². The molecule has 1 aromatic carbocycles. The molecule has 8 nitrogen and oxygen atoms in total. The van der Waals surface area contributed by atoms with Crippen LogP contribution in [0.4, 0.5) is 0 Å². The van der Waals surface area contributed by atoms with E-state index >= 15 is 0 Å². The molecule has 0 aliphatic heterocycles. The van der Waals surface area contributed by atoms with Gasteiger partial charge in [-0.05, 0) is 30.7 Å². The lowest BCUT2D eigenvalue weighted by molar-refractivity contribution is 0.0701. The van der Waals surface area contributed by atoms with Gasteiger partial charge in [-0.15, -0.1) is 0 Å². The molecule has 0 aliphatic carbocycles. The van der Waals surface area contributed by atoms with Crippen molar-refractivity contribution in [1.82, 2.24) is 24.6 Å².